The van der Waals surface area contributed by atoms with Crippen LogP contribution in [0.25, 0.3) is 0 Å². The van der Waals surface area contributed by atoms with Crippen LogP contribution in [0.15, 0.2) is 0 Å². The Hall–Kier alpha value is -1.14. The smallest absolute Gasteiger partial charge is 0.234 e. The molecule has 0 spiro atoms. The van der Waals surface area contributed by atoms with Gasteiger partial charge in [0.15, 0.2) is 0 Å². The number of carbonyl (C=O) groups is 2. The second kappa shape index (κ2) is 8.99. The van der Waals surface area contributed by atoms with Gasteiger partial charge in [0.2, 0.25) is 11.8 Å². The molecule has 0 aromatic heterocycles. The third-order valence-corrected chi connectivity index (χ3v) is 6.00. The van der Waals surface area contributed by atoms with Crippen molar-refractivity contribution < 1.29 is 9.59 Å². The molecule has 2 amide bonds. The fourth-order valence-corrected chi connectivity index (χ4v) is 4.49. The van der Waals surface area contributed by atoms with Crippen LogP contribution in [0.4, 0.5) is 0 Å². The van der Waals surface area contributed by atoms with E-state index >= 15 is 0 Å². The summed E-state index contributed by atoms with van der Waals surface area (Å²) < 4.78 is 0. The second-order valence-corrected chi connectivity index (χ2v) is 8.18. The standard InChI is InChI=1S/C19H34N4O2/c1-15-4-2-6-17(12-15)21-18(24)14-22-8-10-23(11-9-22)19(25)16-5-3-7-20-13-16/h15-17,20H,2-14H2,1H3,(H,21,24). The van der Waals surface area contributed by atoms with Crippen LogP contribution in [-0.2, 0) is 9.59 Å². The number of piperazine rings is 1. The van der Waals surface area contributed by atoms with Gasteiger partial charge in [-0.15, -0.1) is 0 Å². The van der Waals surface area contributed by atoms with Crippen LogP contribution in [0.1, 0.15) is 45.4 Å². The fourth-order valence-electron chi connectivity index (χ4n) is 4.49. The SMILES string of the molecule is CC1CCCC(NC(=O)CN2CCN(C(=O)C3CCCNC3)CC2)C1. The first-order chi connectivity index (χ1) is 12.1. The molecule has 6 heteroatoms. The summed E-state index contributed by atoms with van der Waals surface area (Å²) in [6.07, 6.45) is 6.85. The molecule has 3 unspecified atom stereocenters. The highest BCUT2D eigenvalue weighted by atomic mass is 16.2. The molecule has 2 N–H and O–H groups in total. The fraction of sp³-hybridized carbons (Fsp3) is 0.895. The predicted molar refractivity (Wildman–Crippen MR) is 98.2 cm³/mol. The van der Waals surface area contributed by atoms with E-state index in [2.05, 4.69) is 22.5 Å². The third-order valence-electron chi connectivity index (χ3n) is 6.00. The van der Waals surface area contributed by atoms with E-state index < -0.39 is 0 Å². The molecule has 3 fully saturated rings. The predicted octanol–water partition coefficient (Wildman–Crippen LogP) is 0.825. The molecule has 0 radical (unpaired) electrons. The molecule has 1 saturated carbocycles. The zero-order valence-electron chi connectivity index (χ0n) is 15.6. The molecule has 0 aromatic carbocycles. The van der Waals surface area contributed by atoms with E-state index in [0.29, 0.717) is 18.5 Å². The quantitative estimate of drug-likeness (QED) is 0.788. The zero-order valence-corrected chi connectivity index (χ0v) is 15.6. The summed E-state index contributed by atoms with van der Waals surface area (Å²) in [6, 6.07) is 0.359. The number of hydrogen-bond donors (Lipinski definition) is 2. The van der Waals surface area contributed by atoms with E-state index in [9.17, 15) is 9.59 Å². The Morgan fingerprint density at radius 3 is 2.56 bits per heavy atom. The summed E-state index contributed by atoms with van der Waals surface area (Å²) >= 11 is 0. The Bertz CT molecular complexity index is 456. The molecule has 3 atom stereocenters. The number of carbonyl (C=O) groups excluding carboxylic acids is 2. The number of rotatable bonds is 4. The van der Waals surface area contributed by atoms with Crippen molar-refractivity contribution in [2.75, 3.05) is 45.8 Å². The van der Waals surface area contributed by atoms with Gasteiger partial charge < -0.3 is 15.5 Å². The topological polar surface area (TPSA) is 64.7 Å². The van der Waals surface area contributed by atoms with Crippen molar-refractivity contribution in [1.82, 2.24) is 20.4 Å². The van der Waals surface area contributed by atoms with E-state index in [0.717, 1.165) is 70.9 Å². The van der Waals surface area contributed by atoms with Gasteiger partial charge in [-0.3, -0.25) is 14.5 Å². The second-order valence-electron chi connectivity index (χ2n) is 8.18. The number of hydrogen-bond acceptors (Lipinski definition) is 4. The van der Waals surface area contributed by atoms with Crippen molar-refractivity contribution in [3.63, 3.8) is 0 Å². The van der Waals surface area contributed by atoms with Gasteiger partial charge in [-0.1, -0.05) is 19.8 Å². The highest BCUT2D eigenvalue weighted by Gasteiger charge is 2.29. The Balaban J connectivity index is 1.37. The van der Waals surface area contributed by atoms with E-state index in [1.165, 1.54) is 12.8 Å². The summed E-state index contributed by atoms with van der Waals surface area (Å²) in [5.74, 6) is 1.32. The van der Waals surface area contributed by atoms with Gasteiger partial charge in [0.1, 0.15) is 0 Å². The molecule has 142 valence electrons. The van der Waals surface area contributed by atoms with Crippen LogP contribution in [0, 0.1) is 11.8 Å². The maximum absolute atomic E-state index is 12.6. The van der Waals surface area contributed by atoms with Crippen molar-refractivity contribution in [2.45, 2.75) is 51.5 Å². The minimum absolute atomic E-state index is 0.148. The summed E-state index contributed by atoms with van der Waals surface area (Å²) in [7, 11) is 0. The molecule has 25 heavy (non-hydrogen) atoms. The lowest BCUT2D eigenvalue weighted by Gasteiger charge is -2.37. The van der Waals surface area contributed by atoms with Crippen LogP contribution in [0.3, 0.4) is 0 Å². The largest absolute Gasteiger partial charge is 0.352 e. The monoisotopic (exact) mass is 350 g/mol. The lowest BCUT2D eigenvalue weighted by atomic mass is 9.87. The molecular weight excluding hydrogens is 316 g/mol. The number of nitrogens with zero attached hydrogens (tertiary/aromatic N) is 2. The minimum Gasteiger partial charge on any atom is -0.352 e. The summed E-state index contributed by atoms with van der Waals surface area (Å²) in [6.45, 7) is 7.72. The van der Waals surface area contributed by atoms with E-state index in [4.69, 9.17) is 0 Å². The van der Waals surface area contributed by atoms with Gasteiger partial charge in [-0.05, 0) is 38.1 Å². The van der Waals surface area contributed by atoms with Crippen molar-refractivity contribution in [3.8, 4) is 0 Å². The van der Waals surface area contributed by atoms with E-state index in [1.807, 2.05) is 4.90 Å². The zero-order chi connectivity index (χ0) is 17.6. The molecule has 0 bridgehead atoms. The van der Waals surface area contributed by atoms with Gasteiger partial charge in [0.05, 0.1) is 12.5 Å². The highest BCUT2D eigenvalue weighted by Crippen LogP contribution is 2.23. The van der Waals surface area contributed by atoms with Gasteiger partial charge in [-0.25, -0.2) is 0 Å². The number of piperidine rings is 1. The average molecular weight is 351 g/mol. The normalized spacial score (nSPS) is 31.6. The number of amides is 2. The van der Waals surface area contributed by atoms with Crippen molar-refractivity contribution in [2.24, 2.45) is 11.8 Å². The molecule has 2 saturated heterocycles. The first-order valence-corrected chi connectivity index (χ1v) is 10.1. The Morgan fingerprint density at radius 2 is 1.88 bits per heavy atom. The lowest BCUT2D eigenvalue weighted by Crippen LogP contribution is -2.54. The molecule has 2 heterocycles. The first kappa shape index (κ1) is 18.6. The molecule has 1 aliphatic carbocycles. The third kappa shape index (κ3) is 5.42. The number of nitrogens with one attached hydrogen (secondary N) is 2. The maximum atomic E-state index is 12.6. The van der Waals surface area contributed by atoms with Gasteiger partial charge in [0, 0.05) is 38.8 Å². The molecule has 6 nitrogen and oxygen atoms in total. The summed E-state index contributed by atoms with van der Waals surface area (Å²) in [5.41, 5.74) is 0. The molecule has 3 aliphatic rings. The van der Waals surface area contributed by atoms with Gasteiger partial charge in [-0.2, -0.15) is 0 Å². The van der Waals surface area contributed by atoms with Crippen LogP contribution < -0.4 is 10.6 Å². The molecule has 3 rings (SSSR count). The Kier molecular flexibility index (Phi) is 6.70. The Morgan fingerprint density at radius 1 is 1.08 bits per heavy atom. The summed E-state index contributed by atoms with van der Waals surface area (Å²) in [4.78, 5) is 29.1. The van der Waals surface area contributed by atoms with Crippen molar-refractivity contribution in [3.05, 3.63) is 0 Å². The summed E-state index contributed by atoms with van der Waals surface area (Å²) in [5, 5.41) is 6.53. The Labute approximate surface area is 151 Å². The van der Waals surface area contributed by atoms with Crippen LogP contribution in [0.2, 0.25) is 0 Å². The lowest BCUT2D eigenvalue weighted by molar-refractivity contribution is -0.138. The van der Waals surface area contributed by atoms with Gasteiger partial charge in [0.25, 0.3) is 0 Å². The van der Waals surface area contributed by atoms with E-state index in [-0.39, 0.29) is 11.8 Å². The average Bonchev–Trinajstić information content (AvgIpc) is 2.62. The maximum Gasteiger partial charge on any atom is 0.234 e. The van der Waals surface area contributed by atoms with Crippen LogP contribution in [-0.4, -0.2) is 73.5 Å². The minimum atomic E-state index is 0.148. The van der Waals surface area contributed by atoms with Crippen LogP contribution in [0.5, 0.6) is 0 Å². The van der Waals surface area contributed by atoms with Crippen LogP contribution >= 0.6 is 0 Å². The highest BCUT2D eigenvalue weighted by molar-refractivity contribution is 5.80. The molecule has 2 aliphatic heterocycles. The van der Waals surface area contributed by atoms with Crippen molar-refractivity contribution in [1.29, 1.82) is 0 Å². The van der Waals surface area contributed by atoms with Gasteiger partial charge >= 0.3 is 0 Å². The molecule has 0 aromatic rings. The van der Waals surface area contributed by atoms with Crippen molar-refractivity contribution >= 4 is 11.8 Å². The molecular formula is C19H34N4O2. The van der Waals surface area contributed by atoms with E-state index in [1.54, 1.807) is 0 Å². The first-order valence-electron chi connectivity index (χ1n) is 10.1.